The van der Waals surface area contributed by atoms with Crippen molar-refractivity contribution in [1.29, 1.82) is 0 Å². The van der Waals surface area contributed by atoms with Gasteiger partial charge < -0.3 is 4.90 Å². The van der Waals surface area contributed by atoms with Gasteiger partial charge in [0.2, 0.25) is 0 Å². The molecule has 3 rings (SSSR count). The van der Waals surface area contributed by atoms with E-state index in [-0.39, 0.29) is 0 Å². The minimum Gasteiger partial charge on any atom is -0.301 e. The highest BCUT2D eigenvalue weighted by atomic mass is 15.3. The molecule has 0 aromatic rings. The first kappa shape index (κ1) is 18.7. The molecule has 2 nitrogen and oxygen atoms in total. The van der Waals surface area contributed by atoms with Gasteiger partial charge in [0.25, 0.3) is 0 Å². The maximum Gasteiger partial charge on any atom is 0.0283 e. The summed E-state index contributed by atoms with van der Waals surface area (Å²) in [5.41, 5.74) is 0.881. The van der Waals surface area contributed by atoms with E-state index in [9.17, 15) is 0 Å². The second kappa shape index (κ2) is 6.91. The van der Waals surface area contributed by atoms with Crippen LogP contribution in [0.4, 0.5) is 0 Å². The first-order valence-electron chi connectivity index (χ1n) is 10.7. The summed E-state index contributed by atoms with van der Waals surface area (Å²) in [6.45, 7) is 20.1. The van der Waals surface area contributed by atoms with Gasteiger partial charge in [0.1, 0.15) is 0 Å². The van der Waals surface area contributed by atoms with Crippen LogP contribution < -0.4 is 0 Å². The third kappa shape index (κ3) is 3.85. The molecule has 0 radical (unpaired) electrons. The molecular formula is C22H42N2. The van der Waals surface area contributed by atoms with Gasteiger partial charge in [-0.2, -0.15) is 0 Å². The molecule has 3 fully saturated rings. The van der Waals surface area contributed by atoms with Crippen molar-refractivity contribution in [1.82, 2.24) is 9.80 Å². The van der Waals surface area contributed by atoms with E-state index < -0.39 is 0 Å². The number of hydrogen-bond acceptors (Lipinski definition) is 2. The third-order valence-electron chi connectivity index (χ3n) is 7.68. The van der Waals surface area contributed by atoms with Gasteiger partial charge in [0.05, 0.1) is 0 Å². The van der Waals surface area contributed by atoms with Crippen molar-refractivity contribution in [3.63, 3.8) is 0 Å². The predicted octanol–water partition coefficient (Wildman–Crippen LogP) is 5.03. The lowest BCUT2D eigenvalue weighted by atomic mass is 9.71. The summed E-state index contributed by atoms with van der Waals surface area (Å²) in [6.07, 6.45) is 8.74. The minimum atomic E-state index is 0.344. The summed E-state index contributed by atoms with van der Waals surface area (Å²) in [7, 11) is 0. The molecule has 1 aliphatic carbocycles. The van der Waals surface area contributed by atoms with Crippen LogP contribution in [-0.4, -0.2) is 47.6 Å². The van der Waals surface area contributed by atoms with Crippen LogP contribution in [0.5, 0.6) is 0 Å². The van der Waals surface area contributed by atoms with E-state index in [2.05, 4.69) is 51.3 Å². The second-order valence-corrected chi connectivity index (χ2v) is 10.8. The molecule has 3 aliphatic rings. The fourth-order valence-corrected chi connectivity index (χ4v) is 5.73. The molecule has 0 amide bonds. The Morgan fingerprint density at radius 1 is 0.958 bits per heavy atom. The molecule has 1 unspecified atom stereocenters. The Balaban J connectivity index is 1.50. The third-order valence-corrected chi connectivity index (χ3v) is 7.68. The highest BCUT2D eigenvalue weighted by Gasteiger charge is 2.45. The van der Waals surface area contributed by atoms with Crippen molar-refractivity contribution in [3.8, 4) is 0 Å². The lowest BCUT2D eigenvalue weighted by molar-refractivity contribution is -0.0668. The quantitative estimate of drug-likeness (QED) is 0.644. The number of likely N-dealkylation sites (tertiary alicyclic amines) is 2. The van der Waals surface area contributed by atoms with Gasteiger partial charge in [0, 0.05) is 37.8 Å². The van der Waals surface area contributed by atoms with Crippen LogP contribution in [0.1, 0.15) is 80.1 Å². The number of nitrogens with zero attached hydrogens (tertiary/aromatic N) is 2. The second-order valence-electron chi connectivity index (χ2n) is 10.8. The Morgan fingerprint density at radius 2 is 1.58 bits per heavy atom. The van der Waals surface area contributed by atoms with Gasteiger partial charge in [-0.3, -0.25) is 4.90 Å². The van der Waals surface area contributed by atoms with Gasteiger partial charge in [-0.1, -0.05) is 40.5 Å². The summed E-state index contributed by atoms with van der Waals surface area (Å²) in [5, 5.41) is 0. The van der Waals surface area contributed by atoms with Crippen LogP contribution in [0.2, 0.25) is 0 Å². The summed E-state index contributed by atoms with van der Waals surface area (Å²) >= 11 is 0. The number of rotatable bonds is 7. The van der Waals surface area contributed by atoms with Gasteiger partial charge in [0.15, 0.2) is 0 Å². The Labute approximate surface area is 151 Å². The Hall–Kier alpha value is -0.0800. The Bertz CT molecular complexity index is 414. The molecule has 2 saturated heterocycles. The van der Waals surface area contributed by atoms with E-state index in [0.717, 1.165) is 23.8 Å². The summed E-state index contributed by atoms with van der Waals surface area (Å²) in [5.74, 6) is 2.77. The van der Waals surface area contributed by atoms with Crippen LogP contribution in [0.3, 0.4) is 0 Å². The molecule has 0 spiro atoms. The molecule has 140 valence electrons. The van der Waals surface area contributed by atoms with E-state index >= 15 is 0 Å². The molecule has 2 aliphatic heterocycles. The van der Waals surface area contributed by atoms with Crippen molar-refractivity contribution >= 4 is 0 Å². The van der Waals surface area contributed by atoms with Crippen molar-refractivity contribution in [2.24, 2.45) is 23.2 Å². The van der Waals surface area contributed by atoms with Gasteiger partial charge in [-0.05, 0) is 62.7 Å². The van der Waals surface area contributed by atoms with Gasteiger partial charge in [-0.25, -0.2) is 0 Å². The van der Waals surface area contributed by atoms with E-state index in [1.165, 1.54) is 64.7 Å². The fraction of sp³-hybridized carbons (Fsp3) is 1.00. The maximum absolute atomic E-state index is 2.84. The summed E-state index contributed by atoms with van der Waals surface area (Å²) in [4.78, 5) is 5.54. The van der Waals surface area contributed by atoms with Crippen LogP contribution in [-0.2, 0) is 0 Å². The average Bonchev–Trinajstić information content (AvgIpc) is 2.92. The monoisotopic (exact) mass is 334 g/mol. The zero-order valence-corrected chi connectivity index (χ0v) is 17.3. The molecule has 1 saturated carbocycles. The normalized spacial score (nSPS) is 28.4. The van der Waals surface area contributed by atoms with Crippen LogP contribution in [0.15, 0.2) is 0 Å². The lowest BCUT2D eigenvalue weighted by Gasteiger charge is -2.56. The molecular weight excluding hydrogens is 292 g/mol. The predicted molar refractivity (Wildman–Crippen MR) is 104 cm³/mol. The lowest BCUT2D eigenvalue weighted by Crippen LogP contribution is -2.65. The standard InChI is InChI=1S/C22H42N2/c1-17(2)18-14-23(15-18)16-22(5,6)24-12-11-20(24)13-21(3,4)19-9-7-8-10-19/h17-20H,7-16H2,1-6H3. The van der Waals surface area contributed by atoms with Crippen molar-refractivity contribution < 1.29 is 0 Å². The van der Waals surface area contributed by atoms with Crippen molar-refractivity contribution in [2.45, 2.75) is 91.6 Å². The summed E-state index contributed by atoms with van der Waals surface area (Å²) in [6, 6.07) is 0.831. The largest absolute Gasteiger partial charge is 0.301 e. The van der Waals surface area contributed by atoms with E-state index in [1.54, 1.807) is 0 Å². The van der Waals surface area contributed by atoms with Gasteiger partial charge in [-0.15, -0.1) is 0 Å². The van der Waals surface area contributed by atoms with Crippen LogP contribution >= 0.6 is 0 Å². The molecule has 0 bridgehead atoms. The smallest absolute Gasteiger partial charge is 0.0283 e. The minimum absolute atomic E-state index is 0.344. The molecule has 24 heavy (non-hydrogen) atoms. The Kier molecular flexibility index (Phi) is 5.39. The SMILES string of the molecule is CC(C)C1CN(CC(C)(C)N2CCC2CC(C)(C)C2CCCC2)C1. The molecule has 2 heterocycles. The van der Waals surface area contributed by atoms with E-state index in [1.807, 2.05) is 0 Å². The van der Waals surface area contributed by atoms with Crippen molar-refractivity contribution in [3.05, 3.63) is 0 Å². The zero-order valence-electron chi connectivity index (χ0n) is 17.3. The average molecular weight is 335 g/mol. The van der Waals surface area contributed by atoms with E-state index in [0.29, 0.717) is 11.0 Å². The Morgan fingerprint density at radius 3 is 2.08 bits per heavy atom. The van der Waals surface area contributed by atoms with Crippen LogP contribution in [0, 0.1) is 23.2 Å². The molecule has 0 aromatic carbocycles. The first-order valence-corrected chi connectivity index (χ1v) is 10.7. The first-order chi connectivity index (χ1) is 11.2. The topological polar surface area (TPSA) is 6.48 Å². The maximum atomic E-state index is 2.84. The molecule has 2 heteroatoms. The zero-order chi connectivity index (χ0) is 17.5. The number of hydrogen-bond donors (Lipinski definition) is 0. The molecule has 0 N–H and O–H groups in total. The van der Waals surface area contributed by atoms with Gasteiger partial charge >= 0.3 is 0 Å². The molecule has 1 atom stereocenters. The molecule has 0 aromatic heterocycles. The summed E-state index contributed by atoms with van der Waals surface area (Å²) < 4.78 is 0. The van der Waals surface area contributed by atoms with E-state index in [4.69, 9.17) is 0 Å². The highest BCUT2D eigenvalue weighted by molar-refractivity contribution is 5.00. The fourth-order valence-electron chi connectivity index (χ4n) is 5.73. The highest BCUT2D eigenvalue weighted by Crippen LogP contribution is 2.45. The van der Waals surface area contributed by atoms with Crippen molar-refractivity contribution in [2.75, 3.05) is 26.2 Å². The van der Waals surface area contributed by atoms with Crippen LogP contribution in [0.25, 0.3) is 0 Å².